The molecule has 1 heterocycles. The molecule has 0 saturated heterocycles. The van der Waals surface area contributed by atoms with Crippen molar-refractivity contribution >= 4 is 11.8 Å². The number of rotatable bonds is 3. The molecule has 0 radical (unpaired) electrons. The smallest absolute Gasteiger partial charge is 0.284 e. The number of hydrogen-bond donors (Lipinski definition) is 2. The molecular weight excluding hydrogens is 172 g/mol. The lowest BCUT2D eigenvalue weighted by molar-refractivity contribution is 0.0952. The first-order valence-electron chi connectivity index (χ1n) is 3.81. The zero-order valence-electron chi connectivity index (χ0n) is 7.16. The van der Waals surface area contributed by atoms with Crippen LogP contribution in [0.1, 0.15) is 27.8 Å². The summed E-state index contributed by atoms with van der Waals surface area (Å²) in [7, 11) is 0. The van der Waals surface area contributed by atoms with Crippen LogP contribution >= 0.6 is 0 Å². The number of furan rings is 1. The Morgan fingerprint density at radius 2 is 2.31 bits per heavy atom. The summed E-state index contributed by atoms with van der Waals surface area (Å²) in [5, 5.41) is 2.56. The number of nitrogens with two attached hydrogens (primary N) is 1. The first-order chi connectivity index (χ1) is 6.15. The molecule has 0 aromatic carbocycles. The maximum Gasteiger partial charge on any atom is 0.284 e. The van der Waals surface area contributed by atoms with Crippen molar-refractivity contribution in [1.29, 1.82) is 0 Å². The van der Waals surface area contributed by atoms with Crippen LogP contribution in [0.15, 0.2) is 16.7 Å². The Morgan fingerprint density at radius 3 is 2.77 bits per heavy atom. The first-order valence-corrected chi connectivity index (χ1v) is 3.81. The van der Waals surface area contributed by atoms with E-state index in [2.05, 4.69) is 5.32 Å². The van der Waals surface area contributed by atoms with Gasteiger partial charge in [0.2, 0.25) is 0 Å². The average Bonchev–Trinajstić information content (AvgIpc) is 2.52. The highest BCUT2D eigenvalue weighted by molar-refractivity contribution is 5.97. The van der Waals surface area contributed by atoms with Crippen molar-refractivity contribution in [3.8, 4) is 0 Å². The third kappa shape index (κ3) is 2.08. The van der Waals surface area contributed by atoms with Gasteiger partial charge in [0.15, 0.2) is 5.76 Å². The molecular formula is C8H10N2O3. The molecule has 0 spiro atoms. The molecule has 70 valence electrons. The minimum atomic E-state index is -0.685. The molecule has 1 aromatic rings. The molecule has 0 saturated carbocycles. The van der Waals surface area contributed by atoms with Crippen molar-refractivity contribution in [2.45, 2.75) is 6.92 Å². The van der Waals surface area contributed by atoms with Crippen molar-refractivity contribution in [3.63, 3.8) is 0 Å². The summed E-state index contributed by atoms with van der Waals surface area (Å²) in [4.78, 5) is 21.7. The third-order valence-electron chi connectivity index (χ3n) is 1.44. The van der Waals surface area contributed by atoms with Gasteiger partial charge in [0.25, 0.3) is 11.8 Å². The van der Waals surface area contributed by atoms with Crippen molar-refractivity contribution in [2.75, 3.05) is 6.54 Å². The Balaban J connectivity index is 2.79. The summed E-state index contributed by atoms with van der Waals surface area (Å²) < 4.78 is 4.76. The molecule has 0 fully saturated rings. The van der Waals surface area contributed by atoms with Crippen molar-refractivity contribution in [2.24, 2.45) is 5.73 Å². The molecule has 0 aliphatic rings. The summed E-state index contributed by atoms with van der Waals surface area (Å²) in [6, 6.07) is 1.31. The van der Waals surface area contributed by atoms with E-state index in [1.165, 1.54) is 12.3 Å². The molecule has 0 bridgehead atoms. The second-order valence-corrected chi connectivity index (χ2v) is 2.42. The number of carbonyl (C=O) groups is 2. The average molecular weight is 182 g/mol. The fourth-order valence-corrected chi connectivity index (χ4v) is 0.847. The zero-order chi connectivity index (χ0) is 9.84. The SMILES string of the molecule is CCNC(=O)c1coc(C(N)=O)c1. The van der Waals surface area contributed by atoms with E-state index in [9.17, 15) is 9.59 Å². The van der Waals surface area contributed by atoms with Gasteiger partial charge < -0.3 is 15.5 Å². The standard InChI is InChI=1S/C8H10N2O3/c1-2-10-8(12)5-3-6(7(9)11)13-4-5/h3-4H,2H2,1H3,(H2,9,11)(H,10,12). The van der Waals surface area contributed by atoms with Gasteiger partial charge in [0.1, 0.15) is 6.26 Å². The summed E-state index contributed by atoms with van der Waals surface area (Å²) in [5.41, 5.74) is 5.24. The molecule has 2 amide bonds. The van der Waals surface area contributed by atoms with E-state index in [0.29, 0.717) is 12.1 Å². The van der Waals surface area contributed by atoms with E-state index in [1.807, 2.05) is 0 Å². The van der Waals surface area contributed by atoms with Crippen LogP contribution in [-0.2, 0) is 0 Å². The topological polar surface area (TPSA) is 85.3 Å². The molecule has 5 heteroatoms. The molecule has 1 aromatic heterocycles. The minimum Gasteiger partial charge on any atom is -0.458 e. The van der Waals surface area contributed by atoms with Crippen LogP contribution in [0.25, 0.3) is 0 Å². The van der Waals surface area contributed by atoms with Crippen LogP contribution in [0.2, 0.25) is 0 Å². The molecule has 0 aliphatic carbocycles. The largest absolute Gasteiger partial charge is 0.458 e. The summed E-state index contributed by atoms with van der Waals surface area (Å²) >= 11 is 0. The van der Waals surface area contributed by atoms with E-state index in [4.69, 9.17) is 10.2 Å². The van der Waals surface area contributed by atoms with Crippen LogP contribution in [0.5, 0.6) is 0 Å². The lowest BCUT2D eigenvalue weighted by Crippen LogP contribution is -2.22. The van der Waals surface area contributed by atoms with Gasteiger partial charge in [-0.15, -0.1) is 0 Å². The number of nitrogens with one attached hydrogen (secondary N) is 1. The lowest BCUT2D eigenvalue weighted by atomic mass is 10.3. The highest BCUT2D eigenvalue weighted by atomic mass is 16.3. The predicted molar refractivity (Wildman–Crippen MR) is 45.2 cm³/mol. The molecule has 0 aliphatic heterocycles. The summed E-state index contributed by atoms with van der Waals surface area (Å²) in [6.45, 7) is 2.32. The number of amides is 2. The Labute approximate surface area is 74.9 Å². The van der Waals surface area contributed by atoms with Crippen molar-refractivity contribution < 1.29 is 14.0 Å². The highest BCUT2D eigenvalue weighted by Gasteiger charge is 2.11. The van der Waals surface area contributed by atoms with E-state index < -0.39 is 5.91 Å². The number of primary amides is 1. The predicted octanol–water partition coefficient (Wildman–Crippen LogP) is 0.128. The maximum absolute atomic E-state index is 11.2. The molecule has 5 nitrogen and oxygen atoms in total. The summed E-state index contributed by atoms with van der Waals surface area (Å²) in [5.74, 6) is -0.976. The highest BCUT2D eigenvalue weighted by Crippen LogP contribution is 2.06. The van der Waals surface area contributed by atoms with E-state index in [0.717, 1.165) is 0 Å². The number of carbonyl (C=O) groups excluding carboxylic acids is 2. The molecule has 3 N–H and O–H groups in total. The second kappa shape index (κ2) is 3.75. The van der Waals surface area contributed by atoms with Crippen LogP contribution in [0, 0.1) is 0 Å². The van der Waals surface area contributed by atoms with Gasteiger partial charge in [-0.3, -0.25) is 9.59 Å². The third-order valence-corrected chi connectivity index (χ3v) is 1.44. The minimum absolute atomic E-state index is 0.0127. The van der Waals surface area contributed by atoms with Crippen LogP contribution in [0.3, 0.4) is 0 Å². The fourth-order valence-electron chi connectivity index (χ4n) is 0.847. The Morgan fingerprint density at radius 1 is 1.62 bits per heavy atom. The lowest BCUT2D eigenvalue weighted by Gasteiger charge is -1.95. The van der Waals surface area contributed by atoms with Gasteiger partial charge in [-0.25, -0.2) is 0 Å². The van der Waals surface area contributed by atoms with Gasteiger partial charge >= 0.3 is 0 Å². The molecule has 13 heavy (non-hydrogen) atoms. The van der Waals surface area contributed by atoms with Gasteiger partial charge in [-0.1, -0.05) is 0 Å². The molecule has 0 atom stereocenters. The maximum atomic E-state index is 11.2. The Kier molecular flexibility index (Phi) is 2.69. The van der Waals surface area contributed by atoms with Gasteiger partial charge in [0, 0.05) is 12.6 Å². The Hall–Kier alpha value is -1.78. The second-order valence-electron chi connectivity index (χ2n) is 2.42. The zero-order valence-corrected chi connectivity index (χ0v) is 7.16. The van der Waals surface area contributed by atoms with E-state index in [1.54, 1.807) is 6.92 Å². The van der Waals surface area contributed by atoms with Gasteiger partial charge in [0.05, 0.1) is 5.56 Å². The van der Waals surface area contributed by atoms with Crippen LogP contribution in [0.4, 0.5) is 0 Å². The monoisotopic (exact) mass is 182 g/mol. The van der Waals surface area contributed by atoms with Crippen LogP contribution < -0.4 is 11.1 Å². The van der Waals surface area contributed by atoms with E-state index in [-0.39, 0.29) is 11.7 Å². The van der Waals surface area contributed by atoms with Crippen molar-refractivity contribution in [1.82, 2.24) is 5.32 Å². The van der Waals surface area contributed by atoms with Gasteiger partial charge in [-0.2, -0.15) is 0 Å². The first kappa shape index (κ1) is 9.31. The van der Waals surface area contributed by atoms with Crippen molar-refractivity contribution in [3.05, 3.63) is 23.7 Å². The normalized spacial score (nSPS) is 9.62. The van der Waals surface area contributed by atoms with E-state index >= 15 is 0 Å². The molecule has 1 rings (SSSR count). The number of hydrogen-bond acceptors (Lipinski definition) is 3. The van der Waals surface area contributed by atoms with Gasteiger partial charge in [-0.05, 0) is 6.92 Å². The van der Waals surface area contributed by atoms with Crippen LogP contribution in [-0.4, -0.2) is 18.4 Å². The fraction of sp³-hybridized carbons (Fsp3) is 0.250. The molecule has 0 unspecified atom stereocenters. The Bertz CT molecular complexity index is 330. The summed E-state index contributed by atoms with van der Waals surface area (Å²) in [6.07, 6.45) is 1.20. The quantitative estimate of drug-likeness (QED) is 0.696.